The molecule has 1 aromatic heterocycles. The molecule has 0 aliphatic carbocycles. The number of aromatic nitrogens is 1. The Kier molecular flexibility index (Phi) is 6.01. The smallest absolute Gasteiger partial charge is 0.251 e. The van der Waals surface area contributed by atoms with E-state index in [1.54, 1.807) is 12.3 Å². The van der Waals surface area contributed by atoms with Gasteiger partial charge in [0.25, 0.3) is 5.91 Å². The van der Waals surface area contributed by atoms with Gasteiger partial charge in [-0.15, -0.1) is 0 Å². The summed E-state index contributed by atoms with van der Waals surface area (Å²) in [5, 5.41) is 2.97. The molecule has 3 rings (SSSR count). The maximum atomic E-state index is 12.2. The molecular weight excluding hydrogens is 314 g/mol. The third kappa shape index (κ3) is 4.79. The molecule has 0 unspecified atom stereocenters. The molecule has 132 valence electrons. The van der Waals surface area contributed by atoms with E-state index in [2.05, 4.69) is 10.3 Å². The highest BCUT2D eigenvalue weighted by Crippen LogP contribution is 2.23. The van der Waals surface area contributed by atoms with E-state index in [1.165, 1.54) is 12.8 Å². The molecule has 2 aromatic rings. The Morgan fingerprint density at radius 2 is 2.08 bits per heavy atom. The summed E-state index contributed by atoms with van der Waals surface area (Å²) in [4.78, 5) is 16.5. The van der Waals surface area contributed by atoms with E-state index in [9.17, 15) is 4.79 Å². The Balaban J connectivity index is 1.45. The van der Waals surface area contributed by atoms with Gasteiger partial charge >= 0.3 is 0 Å². The van der Waals surface area contributed by atoms with Gasteiger partial charge in [-0.1, -0.05) is 12.1 Å². The fourth-order valence-corrected chi connectivity index (χ4v) is 3.11. The second-order valence-electron chi connectivity index (χ2n) is 6.41. The van der Waals surface area contributed by atoms with Crippen LogP contribution in [0.3, 0.4) is 0 Å². The van der Waals surface area contributed by atoms with E-state index >= 15 is 0 Å². The number of carbonyl (C=O) groups is 1. The fourth-order valence-electron chi connectivity index (χ4n) is 3.11. The molecule has 0 radical (unpaired) electrons. The van der Waals surface area contributed by atoms with Gasteiger partial charge in [0.15, 0.2) is 0 Å². The van der Waals surface area contributed by atoms with Crippen molar-refractivity contribution in [1.29, 1.82) is 0 Å². The van der Waals surface area contributed by atoms with Gasteiger partial charge in [0.2, 0.25) is 0 Å². The van der Waals surface area contributed by atoms with Crippen LogP contribution >= 0.6 is 0 Å². The normalized spacial score (nSPS) is 16.7. The van der Waals surface area contributed by atoms with Crippen molar-refractivity contribution in [3.8, 4) is 11.3 Å². The van der Waals surface area contributed by atoms with Crippen LogP contribution in [0.15, 0.2) is 42.6 Å². The van der Waals surface area contributed by atoms with E-state index in [4.69, 9.17) is 10.5 Å². The number of amides is 1. The summed E-state index contributed by atoms with van der Waals surface area (Å²) in [7, 11) is 0. The maximum Gasteiger partial charge on any atom is 0.251 e. The van der Waals surface area contributed by atoms with Gasteiger partial charge in [0.05, 0.1) is 17.5 Å². The van der Waals surface area contributed by atoms with Crippen LogP contribution in [0.4, 0.5) is 5.69 Å². The van der Waals surface area contributed by atoms with Crippen molar-refractivity contribution in [2.24, 2.45) is 0 Å². The van der Waals surface area contributed by atoms with Gasteiger partial charge in [0, 0.05) is 30.5 Å². The van der Waals surface area contributed by atoms with Crippen molar-refractivity contribution in [3.05, 3.63) is 48.2 Å². The van der Waals surface area contributed by atoms with Gasteiger partial charge in [0.1, 0.15) is 0 Å². The topological polar surface area (TPSA) is 77.2 Å². The Hall–Kier alpha value is -2.40. The number of hydrogen-bond acceptors (Lipinski definition) is 4. The quantitative estimate of drug-likeness (QED) is 0.758. The largest absolute Gasteiger partial charge is 0.397 e. The SMILES string of the molecule is Nc1cccnc1-c1ccc(C(=O)NCCCC[C@H]2CCCO2)cc1. The molecule has 1 saturated heterocycles. The highest BCUT2D eigenvalue weighted by molar-refractivity contribution is 5.94. The molecule has 1 amide bonds. The highest BCUT2D eigenvalue weighted by atomic mass is 16.5. The molecule has 0 bridgehead atoms. The van der Waals surface area contributed by atoms with Gasteiger partial charge in [-0.3, -0.25) is 9.78 Å². The summed E-state index contributed by atoms with van der Waals surface area (Å²) >= 11 is 0. The first-order valence-corrected chi connectivity index (χ1v) is 8.95. The van der Waals surface area contributed by atoms with Crippen molar-refractivity contribution in [2.75, 3.05) is 18.9 Å². The van der Waals surface area contributed by atoms with Crippen molar-refractivity contribution in [1.82, 2.24) is 10.3 Å². The lowest BCUT2D eigenvalue weighted by molar-refractivity contribution is 0.0947. The number of nitrogens with zero attached hydrogens (tertiary/aromatic N) is 1. The van der Waals surface area contributed by atoms with E-state index < -0.39 is 0 Å². The minimum absolute atomic E-state index is 0.0438. The van der Waals surface area contributed by atoms with Gasteiger partial charge in [-0.25, -0.2) is 0 Å². The first-order valence-electron chi connectivity index (χ1n) is 8.95. The molecule has 5 heteroatoms. The van der Waals surface area contributed by atoms with Crippen molar-refractivity contribution in [2.45, 2.75) is 38.2 Å². The standard InChI is InChI=1S/C20H25N3O2/c21-18-7-3-13-22-19(18)15-8-10-16(11-9-15)20(24)23-12-2-1-5-17-6-4-14-25-17/h3,7-11,13,17H,1-2,4-6,12,14,21H2,(H,23,24)/t17-/m0/s1. The van der Waals surface area contributed by atoms with Crippen molar-refractivity contribution in [3.63, 3.8) is 0 Å². The minimum Gasteiger partial charge on any atom is -0.397 e. The number of hydrogen-bond donors (Lipinski definition) is 2. The van der Waals surface area contributed by atoms with Gasteiger partial charge in [-0.2, -0.15) is 0 Å². The van der Waals surface area contributed by atoms with Crippen LogP contribution in [0, 0.1) is 0 Å². The second-order valence-corrected chi connectivity index (χ2v) is 6.41. The molecular formula is C20H25N3O2. The van der Waals surface area contributed by atoms with Crippen LogP contribution in [0.2, 0.25) is 0 Å². The zero-order chi connectivity index (χ0) is 17.5. The molecule has 0 spiro atoms. The van der Waals surface area contributed by atoms with Crippen LogP contribution in [0.1, 0.15) is 42.5 Å². The van der Waals surface area contributed by atoms with Crippen molar-refractivity contribution < 1.29 is 9.53 Å². The fraction of sp³-hybridized carbons (Fsp3) is 0.400. The Morgan fingerprint density at radius 1 is 1.24 bits per heavy atom. The van der Waals surface area contributed by atoms with E-state index in [1.807, 2.05) is 30.3 Å². The van der Waals surface area contributed by atoms with Crippen LogP contribution in [0.5, 0.6) is 0 Å². The Labute approximate surface area is 148 Å². The van der Waals surface area contributed by atoms with E-state index in [0.717, 1.165) is 37.1 Å². The van der Waals surface area contributed by atoms with Gasteiger partial charge in [-0.05, 0) is 56.4 Å². The van der Waals surface area contributed by atoms with E-state index in [0.29, 0.717) is 23.9 Å². The number of nitrogen functional groups attached to an aromatic ring is 1. The molecule has 5 nitrogen and oxygen atoms in total. The van der Waals surface area contributed by atoms with Crippen LogP contribution in [-0.4, -0.2) is 30.1 Å². The average molecular weight is 339 g/mol. The number of nitrogens with two attached hydrogens (primary N) is 1. The monoisotopic (exact) mass is 339 g/mol. The molecule has 3 N–H and O–H groups in total. The predicted octanol–water partition coefficient (Wildman–Crippen LogP) is 3.41. The lowest BCUT2D eigenvalue weighted by Crippen LogP contribution is -2.24. The summed E-state index contributed by atoms with van der Waals surface area (Å²) in [6, 6.07) is 11.0. The predicted molar refractivity (Wildman–Crippen MR) is 99.2 cm³/mol. The minimum atomic E-state index is -0.0438. The summed E-state index contributed by atoms with van der Waals surface area (Å²) < 4.78 is 5.60. The molecule has 0 saturated carbocycles. The first kappa shape index (κ1) is 17.4. The third-order valence-electron chi connectivity index (χ3n) is 4.52. The number of benzene rings is 1. The molecule has 1 atom stereocenters. The summed E-state index contributed by atoms with van der Waals surface area (Å²) in [5.74, 6) is -0.0438. The van der Waals surface area contributed by atoms with Crippen LogP contribution in [0.25, 0.3) is 11.3 Å². The number of carbonyl (C=O) groups excluding carboxylic acids is 1. The maximum absolute atomic E-state index is 12.2. The summed E-state index contributed by atoms with van der Waals surface area (Å²) in [6.45, 7) is 1.60. The number of pyridine rings is 1. The number of ether oxygens (including phenoxy) is 1. The zero-order valence-corrected chi connectivity index (χ0v) is 14.4. The number of anilines is 1. The molecule has 1 aromatic carbocycles. The number of nitrogens with one attached hydrogen (secondary N) is 1. The van der Waals surface area contributed by atoms with E-state index in [-0.39, 0.29) is 5.91 Å². The van der Waals surface area contributed by atoms with Crippen LogP contribution in [-0.2, 0) is 4.74 Å². The summed E-state index contributed by atoms with van der Waals surface area (Å²) in [5.41, 5.74) is 8.87. The van der Waals surface area contributed by atoms with Crippen molar-refractivity contribution >= 4 is 11.6 Å². The lowest BCUT2D eigenvalue weighted by atomic mass is 10.1. The first-order chi connectivity index (χ1) is 12.2. The average Bonchev–Trinajstić information content (AvgIpc) is 3.15. The number of unbranched alkanes of at least 4 members (excludes halogenated alkanes) is 1. The highest BCUT2D eigenvalue weighted by Gasteiger charge is 2.14. The molecule has 1 fully saturated rings. The Morgan fingerprint density at radius 3 is 2.80 bits per heavy atom. The van der Waals surface area contributed by atoms with Gasteiger partial charge < -0.3 is 15.8 Å². The Bertz CT molecular complexity index is 694. The summed E-state index contributed by atoms with van der Waals surface area (Å²) in [6.07, 6.45) is 7.67. The molecule has 1 aliphatic rings. The third-order valence-corrected chi connectivity index (χ3v) is 4.52. The lowest BCUT2D eigenvalue weighted by Gasteiger charge is -2.09. The molecule has 25 heavy (non-hydrogen) atoms. The van der Waals surface area contributed by atoms with Crippen LogP contribution < -0.4 is 11.1 Å². The zero-order valence-electron chi connectivity index (χ0n) is 14.4. The second kappa shape index (κ2) is 8.62. The molecule has 1 aliphatic heterocycles. The molecule has 2 heterocycles. The number of rotatable bonds is 7.